The lowest BCUT2D eigenvalue weighted by Gasteiger charge is -2.30. The summed E-state index contributed by atoms with van der Waals surface area (Å²) < 4.78 is 9.81. The second kappa shape index (κ2) is 10.1. The fraction of sp³-hybridized carbons (Fsp3) is 0.273. The van der Waals surface area contributed by atoms with E-state index in [0.29, 0.717) is 34.4 Å². The molecule has 3 rings (SSSR count). The highest BCUT2D eigenvalue weighted by Crippen LogP contribution is 2.30. The quantitative estimate of drug-likeness (QED) is 0.690. The Bertz CT molecular complexity index is 989. The van der Waals surface area contributed by atoms with Gasteiger partial charge in [-0.3, -0.25) is 14.5 Å². The summed E-state index contributed by atoms with van der Waals surface area (Å²) >= 11 is 1.24. The van der Waals surface area contributed by atoms with Crippen LogP contribution in [0, 0.1) is 0 Å². The molecule has 8 nitrogen and oxygen atoms in total. The SMILES string of the molecule is CCN1C(=O)CC(C(=O)Nc2ccc(OC)cc2)SC1=Nc1ccc(C(=O)OC)cc1. The minimum Gasteiger partial charge on any atom is -0.497 e. The third-order valence-electron chi connectivity index (χ3n) is 4.62. The number of carbonyl (C=O) groups is 3. The maximum Gasteiger partial charge on any atom is 0.337 e. The number of amidine groups is 1. The van der Waals surface area contributed by atoms with E-state index in [1.165, 1.54) is 18.9 Å². The molecule has 0 bridgehead atoms. The number of esters is 1. The van der Waals surface area contributed by atoms with E-state index in [-0.39, 0.29) is 18.2 Å². The Morgan fingerprint density at radius 3 is 2.39 bits per heavy atom. The first-order valence-corrected chi connectivity index (χ1v) is 10.5. The van der Waals surface area contributed by atoms with E-state index in [2.05, 4.69) is 10.3 Å². The monoisotopic (exact) mass is 441 g/mol. The van der Waals surface area contributed by atoms with E-state index in [9.17, 15) is 14.4 Å². The van der Waals surface area contributed by atoms with Gasteiger partial charge in [0, 0.05) is 18.7 Å². The Morgan fingerprint density at radius 2 is 1.81 bits per heavy atom. The Morgan fingerprint density at radius 1 is 1.13 bits per heavy atom. The average molecular weight is 442 g/mol. The molecule has 162 valence electrons. The third kappa shape index (κ3) is 5.43. The molecule has 1 aliphatic heterocycles. The van der Waals surface area contributed by atoms with E-state index in [1.807, 2.05) is 6.92 Å². The summed E-state index contributed by atoms with van der Waals surface area (Å²) in [5.74, 6) is -0.188. The maximum absolute atomic E-state index is 12.8. The lowest BCUT2D eigenvalue weighted by atomic mass is 10.2. The zero-order valence-corrected chi connectivity index (χ0v) is 18.3. The summed E-state index contributed by atoms with van der Waals surface area (Å²) in [5.41, 5.74) is 1.59. The van der Waals surface area contributed by atoms with Gasteiger partial charge < -0.3 is 14.8 Å². The largest absolute Gasteiger partial charge is 0.497 e. The van der Waals surface area contributed by atoms with Crippen LogP contribution in [-0.2, 0) is 14.3 Å². The van der Waals surface area contributed by atoms with Crippen LogP contribution in [0.2, 0.25) is 0 Å². The van der Waals surface area contributed by atoms with Crippen LogP contribution in [0.5, 0.6) is 5.75 Å². The second-order valence-electron chi connectivity index (χ2n) is 6.60. The zero-order valence-electron chi connectivity index (χ0n) is 17.5. The molecule has 2 aromatic rings. The van der Waals surface area contributed by atoms with Gasteiger partial charge in [-0.05, 0) is 55.5 Å². The molecule has 1 heterocycles. The van der Waals surface area contributed by atoms with Gasteiger partial charge in [0.15, 0.2) is 5.17 Å². The van der Waals surface area contributed by atoms with Crippen LogP contribution in [0.25, 0.3) is 0 Å². The van der Waals surface area contributed by atoms with Crippen LogP contribution in [0.1, 0.15) is 23.7 Å². The van der Waals surface area contributed by atoms with E-state index in [4.69, 9.17) is 9.47 Å². The molecule has 1 N–H and O–H groups in total. The van der Waals surface area contributed by atoms with E-state index in [0.717, 1.165) is 0 Å². The number of rotatable bonds is 6. The Balaban J connectivity index is 1.77. The standard InChI is InChI=1S/C22H23N3O5S/c1-4-25-19(26)13-18(20(27)23-15-9-11-17(29-2)12-10-15)31-22(25)24-16-7-5-14(6-8-16)21(28)30-3/h5-12,18H,4,13H2,1-3H3,(H,23,27). The fourth-order valence-corrected chi connectivity index (χ4v) is 4.11. The van der Waals surface area contributed by atoms with Crippen LogP contribution < -0.4 is 10.1 Å². The normalized spacial score (nSPS) is 17.4. The molecule has 31 heavy (non-hydrogen) atoms. The first kappa shape index (κ1) is 22.4. The first-order valence-electron chi connectivity index (χ1n) is 9.64. The summed E-state index contributed by atoms with van der Waals surface area (Å²) in [4.78, 5) is 43.1. The number of methoxy groups -OCH3 is 2. The summed E-state index contributed by atoms with van der Waals surface area (Å²) in [5, 5.41) is 2.67. The number of nitrogens with zero attached hydrogens (tertiary/aromatic N) is 2. The van der Waals surface area contributed by atoms with Crippen molar-refractivity contribution in [1.82, 2.24) is 4.90 Å². The Kier molecular flexibility index (Phi) is 7.30. The zero-order chi connectivity index (χ0) is 22.4. The number of carbonyl (C=O) groups excluding carboxylic acids is 3. The van der Waals surface area contributed by atoms with Gasteiger partial charge in [0.25, 0.3) is 0 Å². The van der Waals surface area contributed by atoms with Gasteiger partial charge in [0.05, 0.1) is 25.5 Å². The first-order chi connectivity index (χ1) is 14.9. The van der Waals surface area contributed by atoms with Crippen LogP contribution in [0.3, 0.4) is 0 Å². The average Bonchev–Trinajstić information content (AvgIpc) is 2.79. The number of benzene rings is 2. The van der Waals surface area contributed by atoms with E-state index >= 15 is 0 Å². The number of ether oxygens (including phenoxy) is 2. The molecule has 0 saturated carbocycles. The molecule has 1 unspecified atom stereocenters. The summed E-state index contributed by atoms with van der Waals surface area (Å²) in [6.07, 6.45) is 0.0841. The van der Waals surface area contributed by atoms with Crippen molar-refractivity contribution in [2.24, 2.45) is 4.99 Å². The van der Waals surface area contributed by atoms with Gasteiger partial charge >= 0.3 is 5.97 Å². The van der Waals surface area contributed by atoms with Gasteiger partial charge in [-0.15, -0.1) is 0 Å². The third-order valence-corrected chi connectivity index (χ3v) is 5.81. The topological polar surface area (TPSA) is 97.3 Å². The van der Waals surface area contributed by atoms with Crippen molar-refractivity contribution in [2.45, 2.75) is 18.6 Å². The lowest BCUT2D eigenvalue weighted by Crippen LogP contribution is -2.45. The molecule has 1 saturated heterocycles. The molecule has 0 aromatic heterocycles. The molecule has 1 fully saturated rings. The smallest absolute Gasteiger partial charge is 0.337 e. The maximum atomic E-state index is 12.8. The molecule has 1 atom stereocenters. The number of thioether (sulfide) groups is 1. The number of amides is 2. The number of hydrogen-bond acceptors (Lipinski definition) is 7. The van der Waals surface area contributed by atoms with Crippen LogP contribution >= 0.6 is 11.8 Å². The van der Waals surface area contributed by atoms with Gasteiger partial charge in [0.2, 0.25) is 11.8 Å². The molecule has 1 aliphatic rings. The van der Waals surface area contributed by atoms with Gasteiger partial charge in [-0.1, -0.05) is 11.8 Å². The van der Waals surface area contributed by atoms with Crippen LogP contribution in [0.4, 0.5) is 11.4 Å². The number of anilines is 1. The molecule has 0 radical (unpaired) electrons. The predicted molar refractivity (Wildman–Crippen MR) is 120 cm³/mol. The van der Waals surface area contributed by atoms with Crippen molar-refractivity contribution in [2.75, 3.05) is 26.1 Å². The molecule has 2 amide bonds. The number of hydrogen-bond donors (Lipinski definition) is 1. The highest BCUT2D eigenvalue weighted by Gasteiger charge is 2.35. The number of aliphatic imine (C=N–C) groups is 1. The van der Waals surface area contributed by atoms with Gasteiger partial charge in [0.1, 0.15) is 11.0 Å². The highest BCUT2D eigenvalue weighted by molar-refractivity contribution is 8.15. The van der Waals surface area contributed by atoms with Crippen molar-refractivity contribution in [3.05, 3.63) is 54.1 Å². The summed E-state index contributed by atoms with van der Waals surface area (Å²) in [7, 11) is 2.89. The summed E-state index contributed by atoms with van der Waals surface area (Å²) in [6.45, 7) is 2.30. The fourth-order valence-electron chi connectivity index (χ4n) is 2.95. The number of nitrogens with one attached hydrogen (secondary N) is 1. The lowest BCUT2D eigenvalue weighted by molar-refractivity contribution is -0.129. The minimum absolute atomic E-state index is 0.0841. The van der Waals surface area contributed by atoms with Crippen molar-refractivity contribution in [3.63, 3.8) is 0 Å². The van der Waals surface area contributed by atoms with E-state index in [1.54, 1.807) is 60.5 Å². The predicted octanol–water partition coefficient (Wildman–Crippen LogP) is 3.46. The van der Waals surface area contributed by atoms with Crippen molar-refractivity contribution in [1.29, 1.82) is 0 Å². The summed E-state index contributed by atoms with van der Waals surface area (Å²) in [6, 6.07) is 13.5. The molecule has 9 heteroatoms. The van der Waals surface area contributed by atoms with Crippen LogP contribution in [-0.4, -0.2) is 53.9 Å². The van der Waals surface area contributed by atoms with Gasteiger partial charge in [-0.25, -0.2) is 9.79 Å². The molecular formula is C22H23N3O5S. The molecule has 2 aromatic carbocycles. The van der Waals surface area contributed by atoms with Crippen molar-refractivity contribution in [3.8, 4) is 5.75 Å². The van der Waals surface area contributed by atoms with Crippen LogP contribution in [0.15, 0.2) is 53.5 Å². The second-order valence-corrected chi connectivity index (χ2v) is 7.77. The van der Waals surface area contributed by atoms with Crippen molar-refractivity contribution >= 4 is 46.1 Å². The Labute approximate surface area is 184 Å². The van der Waals surface area contributed by atoms with E-state index < -0.39 is 11.2 Å². The Hall–Kier alpha value is -3.33. The highest BCUT2D eigenvalue weighted by atomic mass is 32.2. The molecule has 0 spiro atoms. The minimum atomic E-state index is -0.606. The van der Waals surface area contributed by atoms with Gasteiger partial charge in [-0.2, -0.15) is 0 Å². The molecule has 0 aliphatic carbocycles. The van der Waals surface area contributed by atoms with Crippen molar-refractivity contribution < 1.29 is 23.9 Å². The molecular weight excluding hydrogens is 418 g/mol.